The van der Waals surface area contributed by atoms with Gasteiger partial charge in [-0.3, -0.25) is 4.79 Å². The van der Waals surface area contributed by atoms with Crippen LogP contribution in [-0.4, -0.2) is 37.7 Å². The molecule has 1 aromatic rings. The summed E-state index contributed by atoms with van der Waals surface area (Å²) in [5, 5.41) is 5.72. The summed E-state index contributed by atoms with van der Waals surface area (Å²) in [7, 11) is 1.61. The minimum Gasteiger partial charge on any atom is -0.379 e. The largest absolute Gasteiger partial charge is 0.379 e. The number of anilines is 1. The highest BCUT2D eigenvalue weighted by Crippen LogP contribution is 2.28. The van der Waals surface area contributed by atoms with Crippen molar-refractivity contribution in [3.05, 3.63) is 23.9 Å². The van der Waals surface area contributed by atoms with Crippen LogP contribution in [0, 0.1) is 5.92 Å². The second-order valence-corrected chi connectivity index (χ2v) is 4.42. The van der Waals surface area contributed by atoms with Gasteiger partial charge in [0, 0.05) is 26.4 Å². The summed E-state index contributed by atoms with van der Waals surface area (Å²) >= 11 is 0. The zero-order valence-electron chi connectivity index (χ0n) is 10.6. The van der Waals surface area contributed by atoms with E-state index in [9.17, 15) is 4.79 Å². The number of amides is 1. The van der Waals surface area contributed by atoms with E-state index in [1.165, 1.54) is 12.8 Å². The SMILES string of the molecule is CNC(=O)c1cccnc1NCCOCC1CC1. The molecular formula is C13H19N3O2. The zero-order valence-corrected chi connectivity index (χ0v) is 10.6. The molecule has 0 aliphatic heterocycles. The summed E-state index contributed by atoms with van der Waals surface area (Å²) in [6.45, 7) is 2.15. The fourth-order valence-electron chi connectivity index (χ4n) is 1.64. The van der Waals surface area contributed by atoms with Gasteiger partial charge in [0.2, 0.25) is 0 Å². The van der Waals surface area contributed by atoms with Crippen LogP contribution in [-0.2, 0) is 4.74 Å². The molecular weight excluding hydrogens is 230 g/mol. The van der Waals surface area contributed by atoms with Crippen LogP contribution in [0.1, 0.15) is 23.2 Å². The van der Waals surface area contributed by atoms with E-state index in [2.05, 4.69) is 15.6 Å². The molecule has 1 aliphatic rings. The Kier molecular flexibility index (Phi) is 4.52. The number of nitrogens with one attached hydrogen (secondary N) is 2. The summed E-state index contributed by atoms with van der Waals surface area (Å²) in [6.07, 6.45) is 4.27. The van der Waals surface area contributed by atoms with Crippen LogP contribution in [0.2, 0.25) is 0 Å². The summed E-state index contributed by atoms with van der Waals surface area (Å²) < 4.78 is 5.52. The van der Waals surface area contributed by atoms with Gasteiger partial charge in [0.05, 0.1) is 12.2 Å². The minimum atomic E-state index is -0.135. The number of hydrogen-bond acceptors (Lipinski definition) is 4. The van der Waals surface area contributed by atoms with E-state index in [0.717, 1.165) is 12.5 Å². The van der Waals surface area contributed by atoms with E-state index in [1.807, 2.05) is 0 Å². The van der Waals surface area contributed by atoms with E-state index in [-0.39, 0.29) is 5.91 Å². The first-order valence-corrected chi connectivity index (χ1v) is 6.30. The Morgan fingerprint density at radius 2 is 2.39 bits per heavy atom. The van der Waals surface area contributed by atoms with Crippen molar-refractivity contribution in [3.63, 3.8) is 0 Å². The maximum absolute atomic E-state index is 11.6. The third kappa shape index (κ3) is 3.70. The van der Waals surface area contributed by atoms with E-state index >= 15 is 0 Å². The Bertz CT molecular complexity index is 405. The Morgan fingerprint density at radius 3 is 3.11 bits per heavy atom. The molecule has 1 aromatic heterocycles. The van der Waals surface area contributed by atoms with Crippen LogP contribution in [0.4, 0.5) is 5.82 Å². The van der Waals surface area contributed by atoms with Crippen molar-refractivity contribution in [2.45, 2.75) is 12.8 Å². The van der Waals surface area contributed by atoms with Crippen LogP contribution in [0.5, 0.6) is 0 Å². The maximum atomic E-state index is 11.6. The highest BCUT2D eigenvalue weighted by molar-refractivity contribution is 5.98. The lowest BCUT2D eigenvalue weighted by atomic mass is 10.2. The maximum Gasteiger partial charge on any atom is 0.254 e. The lowest BCUT2D eigenvalue weighted by molar-refractivity contribution is 0.0963. The second kappa shape index (κ2) is 6.35. The van der Waals surface area contributed by atoms with Gasteiger partial charge in [0.25, 0.3) is 5.91 Å². The van der Waals surface area contributed by atoms with Crippen molar-refractivity contribution < 1.29 is 9.53 Å². The Morgan fingerprint density at radius 1 is 1.56 bits per heavy atom. The van der Waals surface area contributed by atoms with E-state index in [4.69, 9.17) is 4.74 Å². The average Bonchev–Trinajstić information content (AvgIpc) is 3.22. The van der Waals surface area contributed by atoms with Crippen molar-refractivity contribution in [3.8, 4) is 0 Å². The normalized spacial score (nSPS) is 14.3. The predicted octanol–water partition coefficient (Wildman–Crippen LogP) is 1.28. The van der Waals surface area contributed by atoms with Gasteiger partial charge in [-0.15, -0.1) is 0 Å². The van der Waals surface area contributed by atoms with Crippen molar-refractivity contribution in [1.82, 2.24) is 10.3 Å². The number of pyridine rings is 1. The zero-order chi connectivity index (χ0) is 12.8. The van der Waals surface area contributed by atoms with Gasteiger partial charge in [0.1, 0.15) is 5.82 Å². The molecule has 0 unspecified atom stereocenters. The molecule has 18 heavy (non-hydrogen) atoms. The average molecular weight is 249 g/mol. The van der Waals surface area contributed by atoms with Gasteiger partial charge in [0.15, 0.2) is 0 Å². The lowest BCUT2D eigenvalue weighted by Crippen LogP contribution is -2.21. The standard InChI is InChI=1S/C13H19N3O2/c1-14-13(17)11-3-2-6-15-12(11)16-7-8-18-9-10-4-5-10/h2-3,6,10H,4-5,7-9H2,1H3,(H,14,17)(H,15,16). The number of ether oxygens (including phenoxy) is 1. The monoisotopic (exact) mass is 249 g/mol. The molecule has 0 aromatic carbocycles. The minimum absolute atomic E-state index is 0.135. The van der Waals surface area contributed by atoms with E-state index < -0.39 is 0 Å². The third-order valence-electron chi connectivity index (χ3n) is 2.87. The quantitative estimate of drug-likeness (QED) is 0.715. The molecule has 1 saturated carbocycles. The first-order chi connectivity index (χ1) is 8.81. The fraction of sp³-hybridized carbons (Fsp3) is 0.538. The number of carbonyl (C=O) groups excluding carboxylic acids is 1. The Labute approximate surface area is 107 Å². The molecule has 0 bridgehead atoms. The van der Waals surface area contributed by atoms with Crippen LogP contribution < -0.4 is 10.6 Å². The van der Waals surface area contributed by atoms with Crippen LogP contribution in [0.3, 0.4) is 0 Å². The van der Waals surface area contributed by atoms with Crippen LogP contribution in [0.15, 0.2) is 18.3 Å². The summed E-state index contributed by atoms with van der Waals surface area (Å²) in [5.41, 5.74) is 0.558. The molecule has 98 valence electrons. The number of aromatic nitrogens is 1. The highest BCUT2D eigenvalue weighted by Gasteiger charge is 2.20. The molecule has 5 nitrogen and oxygen atoms in total. The molecule has 1 amide bonds. The van der Waals surface area contributed by atoms with Gasteiger partial charge >= 0.3 is 0 Å². The molecule has 5 heteroatoms. The van der Waals surface area contributed by atoms with Crippen molar-refractivity contribution in [1.29, 1.82) is 0 Å². The van der Waals surface area contributed by atoms with Gasteiger partial charge in [-0.2, -0.15) is 0 Å². The first-order valence-electron chi connectivity index (χ1n) is 6.30. The van der Waals surface area contributed by atoms with E-state index in [1.54, 1.807) is 25.4 Å². The molecule has 1 fully saturated rings. The summed E-state index contributed by atoms with van der Waals surface area (Å²) in [5.74, 6) is 1.25. The molecule has 1 aliphatic carbocycles. The molecule has 0 saturated heterocycles. The van der Waals surface area contributed by atoms with Crippen molar-refractivity contribution in [2.24, 2.45) is 5.92 Å². The number of carbonyl (C=O) groups is 1. The molecule has 1 heterocycles. The molecule has 0 radical (unpaired) electrons. The third-order valence-corrected chi connectivity index (χ3v) is 2.87. The molecule has 0 spiro atoms. The molecule has 2 N–H and O–H groups in total. The topological polar surface area (TPSA) is 63.2 Å². The first kappa shape index (κ1) is 12.8. The van der Waals surface area contributed by atoms with Gasteiger partial charge in [-0.1, -0.05) is 0 Å². The van der Waals surface area contributed by atoms with E-state index in [0.29, 0.717) is 24.5 Å². The highest BCUT2D eigenvalue weighted by atomic mass is 16.5. The Hall–Kier alpha value is -1.62. The molecule has 0 atom stereocenters. The van der Waals surface area contributed by atoms with Crippen molar-refractivity contribution >= 4 is 11.7 Å². The Balaban J connectivity index is 1.78. The predicted molar refractivity (Wildman–Crippen MR) is 69.7 cm³/mol. The van der Waals surface area contributed by atoms with Gasteiger partial charge < -0.3 is 15.4 Å². The second-order valence-electron chi connectivity index (χ2n) is 4.42. The summed E-state index contributed by atoms with van der Waals surface area (Å²) in [4.78, 5) is 15.8. The van der Waals surface area contributed by atoms with Crippen molar-refractivity contribution in [2.75, 3.05) is 32.1 Å². The van der Waals surface area contributed by atoms with Gasteiger partial charge in [-0.25, -0.2) is 4.98 Å². The van der Waals surface area contributed by atoms with Crippen LogP contribution >= 0.6 is 0 Å². The van der Waals surface area contributed by atoms with Crippen LogP contribution in [0.25, 0.3) is 0 Å². The summed E-state index contributed by atoms with van der Waals surface area (Å²) in [6, 6.07) is 3.50. The number of hydrogen-bond donors (Lipinski definition) is 2. The fourth-order valence-corrected chi connectivity index (χ4v) is 1.64. The lowest BCUT2D eigenvalue weighted by Gasteiger charge is -2.10. The molecule has 2 rings (SSSR count). The number of rotatable bonds is 7. The van der Waals surface area contributed by atoms with Gasteiger partial charge in [-0.05, 0) is 30.9 Å². The number of nitrogens with zero attached hydrogens (tertiary/aromatic N) is 1. The smallest absolute Gasteiger partial charge is 0.254 e.